The van der Waals surface area contributed by atoms with E-state index < -0.39 is 0 Å². The number of thiazole rings is 1. The van der Waals surface area contributed by atoms with Crippen molar-refractivity contribution in [3.8, 4) is 0 Å². The number of aliphatic hydroxyl groups is 1. The van der Waals surface area contributed by atoms with Crippen LogP contribution >= 0.6 is 34.5 Å². The van der Waals surface area contributed by atoms with Gasteiger partial charge in [0.05, 0.1) is 29.6 Å². The average Bonchev–Trinajstić information content (AvgIpc) is 2.99. The van der Waals surface area contributed by atoms with E-state index in [1.54, 1.807) is 12.1 Å². The van der Waals surface area contributed by atoms with Gasteiger partial charge in [-0.3, -0.25) is 4.40 Å². The summed E-state index contributed by atoms with van der Waals surface area (Å²) in [6.07, 6.45) is 1.93. The summed E-state index contributed by atoms with van der Waals surface area (Å²) in [6.45, 7) is 0.486. The van der Waals surface area contributed by atoms with Crippen LogP contribution in [0.5, 0.6) is 0 Å². The maximum Gasteiger partial charge on any atom is 0.195 e. The maximum atomic E-state index is 9.16. The molecule has 3 aromatic rings. The van der Waals surface area contributed by atoms with E-state index in [-0.39, 0.29) is 6.61 Å². The predicted molar refractivity (Wildman–Crippen MR) is 82.8 cm³/mol. The highest BCUT2D eigenvalue weighted by molar-refractivity contribution is 7.15. The molecule has 104 valence electrons. The minimum Gasteiger partial charge on any atom is -0.392 e. The van der Waals surface area contributed by atoms with Crippen LogP contribution in [-0.4, -0.2) is 14.5 Å². The molecule has 0 bridgehead atoms. The van der Waals surface area contributed by atoms with Crippen LogP contribution < -0.4 is 5.32 Å². The number of rotatable bonds is 4. The van der Waals surface area contributed by atoms with Gasteiger partial charge in [-0.05, 0) is 17.7 Å². The van der Waals surface area contributed by atoms with Gasteiger partial charge in [0.1, 0.15) is 0 Å². The van der Waals surface area contributed by atoms with Gasteiger partial charge in [0, 0.05) is 11.6 Å². The standard InChI is InChI=1S/C13H11Cl2N3OS/c14-9-2-1-8(7-19)5-10(9)16-6-11-12(15)17-13-18(11)3-4-20-13/h1-5,16,19H,6-7H2. The lowest BCUT2D eigenvalue weighted by Crippen LogP contribution is -2.03. The largest absolute Gasteiger partial charge is 0.392 e. The normalized spacial score (nSPS) is 11.2. The minimum absolute atomic E-state index is 0.0198. The minimum atomic E-state index is -0.0198. The van der Waals surface area contributed by atoms with E-state index in [0.29, 0.717) is 16.7 Å². The van der Waals surface area contributed by atoms with Crippen LogP contribution in [0, 0.1) is 0 Å². The summed E-state index contributed by atoms with van der Waals surface area (Å²) in [7, 11) is 0. The molecule has 2 N–H and O–H groups in total. The molecule has 0 aliphatic rings. The smallest absolute Gasteiger partial charge is 0.195 e. The molecule has 1 aromatic carbocycles. The lowest BCUT2D eigenvalue weighted by atomic mass is 10.2. The molecule has 0 saturated carbocycles. The van der Waals surface area contributed by atoms with Gasteiger partial charge in [-0.2, -0.15) is 0 Å². The molecule has 0 saturated heterocycles. The zero-order valence-electron chi connectivity index (χ0n) is 10.3. The van der Waals surface area contributed by atoms with Crippen LogP contribution in [0.3, 0.4) is 0 Å². The molecule has 0 spiro atoms. The Balaban J connectivity index is 1.86. The first-order valence-corrected chi connectivity index (χ1v) is 7.55. The predicted octanol–water partition coefficient (Wildman–Crippen LogP) is 3.81. The van der Waals surface area contributed by atoms with Crippen LogP contribution in [0.4, 0.5) is 5.69 Å². The molecule has 0 unspecified atom stereocenters. The topological polar surface area (TPSA) is 49.6 Å². The van der Waals surface area contributed by atoms with Crippen molar-refractivity contribution in [2.45, 2.75) is 13.2 Å². The second kappa shape index (κ2) is 5.61. The lowest BCUT2D eigenvalue weighted by molar-refractivity contribution is 0.282. The Hall–Kier alpha value is -1.27. The van der Waals surface area contributed by atoms with Gasteiger partial charge >= 0.3 is 0 Å². The number of fused-ring (bicyclic) bond motifs is 1. The maximum absolute atomic E-state index is 9.16. The van der Waals surface area contributed by atoms with Crippen molar-refractivity contribution in [1.29, 1.82) is 0 Å². The number of benzene rings is 1. The summed E-state index contributed by atoms with van der Waals surface area (Å²) in [6, 6.07) is 5.37. The Morgan fingerprint density at radius 3 is 3.00 bits per heavy atom. The van der Waals surface area contributed by atoms with E-state index in [4.69, 9.17) is 28.3 Å². The molecule has 7 heteroatoms. The van der Waals surface area contributed by atoms with Gasteiger partial charge < -0.3 is 10.4 Å². The Morgan fingerprint density at radius 2 is 2.20 bits per heavy atom. The van der Waals surface area contributed by atoms with E-state index in [0.717, 1.165) is 21.9 Å². The fourth-order valence-corrected chi connectivity index (χ4v) is 3.15. The highest BCUT2D eigenvalue weighted by Crippen LogP contribution is 2.26. The fourth-order valence-electron chi connectivity index (χ4n) is 1.95. The van der Waals surface area contributed by atoms with Crippen molar-refractivity contribution in [2.24, 2.45) is 0 Å². The number of hydrogen-bond acceptors (Lipinski definition) is 4. The molecule has 0 amide bonds. The van der Waals surface area contributed by atoms with Gasteiger partial charge in [-0.15, -0.1) is 11.3 Å². The monoisotopic (exact) mass is 327 g/mol. The SMILES string of the molecule is OCc1ccc(Cl)c(NCc2c(Cl)nc3sccn23)c1. The zero-order chi connectivity index (χ0) is 14.1. The van der Waals surface area contributed by atoms with Crippen LogP contribution in [0.15, 0.2) is 29.8 Å². The third-order valence-electron chi connectivity index (χ3n) is 2.97. The number of nitrogens with zero attached hydrogens (tertiary/aromatic N) is 2. The van der Waals surface area contributed by atoms with Crippen molar-refractivity contribution < 1.29 is 5.11 Å². The summed E-state index contributed by atoms with van der Waals surface area (Å²) in [4.78, 5) is 5.14. The molecular formula is C13H11Cl2N3OS. The number of imidazole rings is 1. The van der Waals surface area contributed by atoms with E-state index >= 15 is 0 Å². The lowest BCUT2D eigenvalue weighted by Gasteiger charge is -2.09. The molecule has 3 rings (SSSR count). The number of aromatic nitrogens is 2. The van der Waals surface area contributed by atoms with Crippen molar-refractivity contribution in [3.05, 3.63) is 51.2 Å². The fraction of sp³-hybridized carbons (Fsp3) is 0.154. The highest BCUT2D eigenvalue weighted by Gasteiger charge is 2.11. The molecule has 2 aromatic heterocycles. The highest BCUT2D eigenvalue weighted by atomic mass is 35.5. The van der Waals surface area contributed by atoms with Gasteiger partial charge in [0.2, 0.25) is 0 Å². The molecule has 0 fully saturated rings. The Morgan fingerprint density at radius 1 is 1.35 bits per heavy atom. The van der Waals surface area contributed by atoms with Gasteiger partial charge in [-0.1, -0.05) is 29.3 Å². The number of hydrogen-bond donors (Lipinski definition) is 2. The first-order valence-electron chi connectivity index (χ1n) is 5.92. The molecule has 0 radical (unpaired) electrons. The van der Waals surface area contributed by atoms with E-state index in [1.807, 2.05) is 22.0 Å². The summed E-state index contributed by atoms with van der Waals surface area (Å²) < 4.78 is 1.95. The van der Waals surface area contributed by atoms with Crippen molar-refractivity contribution >= 4 is 45.2 Å². The Labute approximate surface area is 129 Å². The van der Waals surface area contributed by atoms with Crippen molar-refractivity contribution in [1.82, 2.24) is 9.38 Å². The number of halogens is 2. The van der Waals surface area contributed by atoms with Crippen LogP contribution in [0.25, 0.3) is 4.96 Å². The van der Waals surface area contributed by atoms with E-state index in [1.165, 1.54) is 11.3 Å². The quantitative estimate of drug-likeness (QED) is 0.766. The van der Waals surface area contributed by atoms with Gasteiger partial charge in [0.15, 0.2) is 10.1 Å². The third kappa shape index (κ3) is 2.50. The Bertz CT molecular complexity index is 753. The third-order valence-corrected chi connectivity index (χ3v) is 4.36. The van der Waals surface area contributed by atoms with E-state index in [9.17, 15) is 0 Å². The zero-order valence-corrected chi connectivity index (χ0v) is 12.6. The number of anilines is 1. The summed E-state index contributed by atoms with van der Waals surface area (Å²) >= 11 is 13.8. The first kappa shape index (κ1) is 13.7. The molecule has 4 nitrogen and oxygen atoms in total. The molecule has 2 heterocycles. The second-order valence-corrected chi connectivity index (χ2v) is 5.87. The van der Waals surface area contributed by atoms with Crippen molar-refractivity contribution in [2.75, 3.05) is 5.32 Å². The van der Waals surface area contributed by atoms with Crippen LogP contribution in [0.2, 0.25) is 10.2 Å². The van der Waals surface area contributed by atoms with Gasteiger partial charge in [0.25, 0.3) is 0 Å². The Kier molecular flexibility index (Phi) is 3.85. The molecule has 0 atom stereocenters. The molecule has 0 aliphatic carbocycles. The molecule has 0 aliphatic heterocycles. The summed E-state index contributed by atoms with van der Waals surface area (Å²) in [5.74, 6) is 0. The van der Waals surface area contributed by atoms with Gasteiger partial charge in [-0.25, -0.2) is 4.98 Å². The number of aliphatic hydroxyl groups excluding tert-OH is 1. The van der Waals surface area contributed by atoms with Crippen LogP contribution in [-0.2, 0) is 13.2 Å². The average molecular weight is 328 g/mol. The van der Waals surface area contributed by atoms with Crippen molar-refractivity contribution in [3.63, 3.8) is 0 Å². The van der Waals surface area contributed by atoms with Crippen LogP contribution in [0.1, 0.15) is 11.3 Å². The van der Waals surface area contributed by atoms with E-state index in [2.05, 4.69) is 10.3 Å². The first-order chi connectivity index (χ1) is 9.69. The second-order valence-electron chi connectivity index (χ2n) is 4.23. The summed E-state index contributed by atoms with van der Waals surface area (Å²) in [5, 5.41) is 15.4. The molecule has 20 heavy (non-hydrogen) atoms. The summed E-state index contributed by atoms with van der Waals surface area (Å²) in [5.41, 5.74) is 2.45. The number of nitrogens with one attached hydrogen (secondary N) is 1. The molecular weight excluding hydrogens is 317 g/mol.